The van der Waals surface area contributed by atoms with Crippen LogP contribution in [-0.4, -0.2) is 16.1 Å². The molecule has 0 aliphatic carbocycles. The summed E-state index contributed by atoms with van der Waals surface area (Å²) in [6.07, 6.45) is 1.57. The molecule has 5 heteroatoms. The summed E-state index contributed by atoms with van der Waals surface area (Å²) in [4.78, 5) is 15.7. The second-order valence-corrected chi connectivity index (χ2v) is 4.71. The molecule has 0 aliphatic rings. The SMILES string of the molecule is CC(Nc1ccc(Cl)cc1)(C(=O)O)c1ccccn1. The lowest BCUT2D eigenvalue weighted by atomic mass is 9.96. The number of carbonyl (C=O) groups is 1. The van der Waals surface area contributed by atoms with Gasteiger partial charge in [0.25, 0.3) is 0 Å². The average Bonchev–Trinajstić information content (AvgIpc) is 2.42. The molecule has 2 N–H and O–H groups in total. The molecule has 0 amide bonds. The number of carboxylic acids is 1. The Balaban J connectivity index is 2.36. The third-order valence-electron chi connectivity index (χ3n) is 2.84. The van der Waals surface area contributed by atoms with Gasteiger partial charge in [0.05, 0.1) is 5.69 Å². The van der Waals surface area contributed by atoms with E-state index in [4.69, 9.17) is 11.6 Å². The first-order valence-corrected chi connectivity index (χ1v) is 6.09. The number of anilines is 1. The molecule has 1 aromatic heterocycles. The van der Waals surface area contributed by atoms with Crippen molar-refractivity contribution in [1.29, 1.82) is 0 Å². The number of hydrogen-bond acceptors (Lipinski definition) is 3. The highest BCUT2D eigenvalue weighted by atomic mass is 35.5. The summed E-state index contributed by atoms with van der Waals surface area (Å²) in [7, 11) is 0. The van der Waals surface area contributed by atoms with Crippen LogP contribution < -0.4 is 5.32 Å². The van der Waals surface area contributed by atoms with Crippen LogP contribution in [0.4, 0.5) is 5.69 Å². The fourth-order valence-corrected chi connectivity index (χ4v) is 1.83. The van der Waals surface area contributed by atoms with Crippen LogP contribution in [0.3, 0.4) is 0 Å². The van der Waals surface area contributed by atoms with Crippen molar-refractivity contribution in [1.82, 2.24) is 4.98 Å². The Hall–Kier alpha value is -2.07. The maximum atomic E-state index is 11.6. The summed E-state index contributed by atoms with van der Waals surface area (Å²) >= 11 is 5.81. The summed E-state index contributed by atoms with van der Waals surface area (Å²) in [6.45, 7) is 1.58. The summed E-state index contributed by atoms with van der Waals surface area (Å²) in [5, 5.41) is 13.0. The Morgan fingerprint density at radius 2 is 1.95 bits per heavy atom. The Morgan fingerprint density at radius 1 is 1.26 bits per heavy atom. The monoisotopic (exact) mass is 276 g/mol. The van der Waals surface area contributed by atoms with E-state index in [1.807, 2.05) is 0 Å². The van der Waals surface area contributed by atoms with E-state index in [1.165, 1.54) is 0 Å². The molecule has 2 rings (SSSR count). The van der Waals surface area contributed by atoms with Gasteiger partial charge in [-0.05, 0) is 43.3 Å². The molecule has 1 aromatic carbocycles. The van der Waals surface area contributed by atoms with Gasteiger partial charge < -0.3 is 10.4 Å². The lowest BCUT2D eigenvalue weighted by Gasteiger charge is -2.26. The Morgan fingerprint density at radius 3 is 2.47 bits per heavy atom. The quantitative estimate of drug-likeness (QED) is 0.900. The molecule has 0 spiro atoms. The van der Waals surface area contributed by atoms with Crippen molar-refractivity contribution in [2.75, 3.05) is 5.32 Å². The molecule has 1 atom stereocenters. The zero-order valence-corrected chi connectivity index (χ0v) is 11.1. The van der Waals surface area contributed by atoms with Crippen LogP contribution in [0.5, 0.6) is 0 Å². The van der Waals surface area contributed by atoms with E-state index in [0.717, 1.165) is 0 Å². The summed E-state index contributed by atoms with van der Waals surface area (Å²) in [6, 6.07) is 12.0. The first kappa shape index (κ1) is 13.4. The summed E-state index contributed by atoms with van der Waals surface area (Å²) in [5.41, 5.74) is -0.188. The number of carboxylic acid groups (broad SMARTS) is 1. The van der Waals surface area contributed by atoms with Gasteiger partial charge in [0.1, 0.15) is 0 Å². The van der Waals surface area contributed by atoms with Gasteiger partial charge in [-0.25, -0.2) is 4.79 Å². The number of hydrogen-bond donors (Lipinski definition) is 2. The second kappa shape index (κ2) is 5.28. The minimum Gasteiger partial charge on any atom is -0.479 e. The van der Waals surface area contributed by atoms with Crippen LogP contribution in [0.15, 0.2) is 48.7 Å². The number of aromatic nitrogens is 1. The molecule has 0 saturated heterocycles. The molecule has 0 radical (unpaired) electrons. The molecule has 19 heavy (non-hydrogen) atoms. The Labute approximate surface area is 116 Å². The van der Waals surface area contributed by atoms with Crippen LogP contribution in [0.2, 0.25) is 5.02 Å². The van der Waals surface area contributed by atoms with Gasteiger partial charge >= 0.3 is 5.97 Å². The van der Waals surface area contributed by atoms with E-state index < -0.39 is 11.5 Å². The highest BCUT2D eigenvalue weighted by Gasteiger charge is 2.36. The van der Waals surface area contributed by atoms with Gasteiger partial charge in [-0.3, -0.25) is 4.98 Å². The van der Waals surface area contributed by atoms with Gasteiger partial charge in [0.15, 0.2) is 5.54 Å². The van der Waals surface area contributed by atoms with Crippen LogP contribution in [-0.2, 0) is 10.3 Å². The lowest BCUT2D eigenvalue weighted by molar-refractivity contribution is -0.142. The number of benzene rings is 1. The molecule has 1 heterocycles. The van der Waals surface area contributed by atoms with Crippen LogP contribution >= 0.6 is 11.6 Å². The zero-order valence-electron chi connectivity index (χ0n) is 10.3. The molecule has 4 nitrogen and oxygen atoms in total. The molecular weight excluding hydrogens is 264 g/mol. The molecule has 98 valence electrons. The van der Waals surface area contributed by atoms with Crippen molar-refractivity contribution in [3.05, 3.63) is 59.4 Å². The minimum atomic E-state index is -1.30. The van der Waals surface area contributed by atoms with Crippen molar-refractivity contribution in [2.45, 2.75) is 12.5 Å². The fraction of sp³-hybridized carbons (Fsp3) is 0.143. The normalized spacial score (nSPS) is 13.6. The van der Waals surface area contributed by atoms with Gasteiger partial charge in [-0.15, -0.1) is 0 Å². The molecule has 0 fully saturated rings. The van der Waals surface area contributed by atoms with Crippen LogP contribution in [0.25, 0.3) is 0 Å². The summed E-state index contributed by atoms with van der Waals surface area (Å²) < 4.78 is 0. The predicted octanol–water partition coefficient (Wildman–Crippen LogP) is 3.15. The van der Waals surface area contributed by atoms with E-state index >= 15 is 0 Å². The third kappa shape index (κ3) is 2.85. The van der Waals surface area contributed by atoms with Gasteiger partial charge in [0, 0.05) is 16.9 Å². The van der Waals surface area contributed by atoms with Crippen LogP contribution in [0.1, 0.15) is 12.6 Å². The molecule has 0 saturated carbocycles. The predicted molar refractivity (Wildman–Crippen MR) is 74.3 cm³/mol. The van der Waals surface area contributed by atoms with Crippen LogP contribution in [0, 0.1) is 0 Å². The lowest BCUT2D eigenvalue weighted by Crippen LogP contribution is -2.41. The maximum absolute atomic E-state index is 11.6. The van der Waals surface area contributed by atoms with E-state index in [-0.39, 0.29) is 0 Å². The van der Waals surface area contributed by atoms with Crippen molar-refractivity contribution >= 4 is 23.3 Å². The largest absolute Gasteiger partial charge is 0.479 e. The van der Waals surface area contributed by atoms with E-state index in [0.29, 0.717) is 16.4 Å². The van der Waals surface area contributed by atoms with Crippen molar-refractivity contribution < 1.29 is 9.90 Å². The number of nitrogens with zero attached hydrogens (tertiary/aromatic N) is 1. The first-order valence-electron chi connectivity index (χ1n) is 5.71. The molecule has 2 aromatic rings. The number of nitrogens with one attached hydrogen (secondary N) is 1. The van der Waals surface area contributed by atoms with Gasteiger partial charge in [0.2, 0.25) is 0 Å². The van der Waals surface area contributed by atoms with Gasteiger partial charge in [-0.1, -0.05) is 17.7 Å². The van der Waals surface area contributed by atoms with Gasteiger partial charge in [-0.2, -0.15) is 0 Å². The number of pyridine rings is 1. The second-order valence-electron chi connectivity index (χ2n) is 4.28. The maximum Gasteiger partial charge on any atom is 0.335 e. The van der Waals surface area contributed by atoms with Crippen molar-refractivity contribution in [3.63, 3.8) is 0 Å². The molecule has 1 unspecified atom stereocenters. The third-order valence-corrected chi connectivity index (χ3v) is 3.10. The number of halogens is 1. The zero-order chi connectivity index (χ0) is 13.9. The fourth-order valence-electron chi connectivity index (χ4n) is 1.71. The molecule has 0 aliphatic heterocycles. The van der Waals surface area contributed by atoms with E-state index in [9.17, 15) is 9.90 Å². The topological polar surface area (TPSA) is 62.2 Å². The average molecular weight is 277 g/mol. The Kier molecular flexibility index (Phi) is 3.71. The number of aliphatic carboxylic acids is 1. The minimum absolute atomic E-state index is 0.442. The highest BCUT2D eigenvalue weighted by molar-refractivity contribution is 6.30. The highest BCUT2D eigenvalue weighted by Crippen LogP contribution is 2.25. The summed E-state index contributed by atoms with van der Waals surface area (Å²) in [5.74, 6) is -0.999. The van der Waals surface area contributed by atoms with E-state index in [2.05, 4.69) is 10.3 Å². The molecule has 0 bridgehead atoms. The smallest absolute Gasteiger partial charge is 0.335 e. The van der Waals surface area contributed by atoms with E-state index in [1.54, 1.807) is 55.6 Å². The van der Waals surface area contributed by atoms with Crippen molar-refractivity contribution in [2.24, 2.45) is 0 Å². The van der Waals surface area contributed by atoms with Crippen molar-refractivity contribution in [3.8, 4) is 0 Å². The Bertz CT molecular complexity index is 572. The first-order chi connectivity index (χ1) is 9.02. The molecular formula is C14H13ClN2O2. The standard InChI is InChI=1S/C14H13ClN2O2/c1-14(13(18)19,12-4-2-3-9-16-12)17-11-7-5-10(15)6-8-11/h2-9,17H,1H3,(H,18,19). The number of rotatable bonds is 4.